The maximum Gasteiger partial charge on any atom is 0.229 e. The molecular weight excluding hydrogens is 440 g/mol. The van der Waals surface area contributed by atoms with Crippen molar-refractivity contribution >= 4 is 37.5 Å². The number of hydrogen-bond donors (Lipinski definition) is 2. The highest BCUT2D eigenvalue weighted by molar-refractivity contribution is 9.10. The number of carbonyl (C=O) groups excluding carboxylic acids is 1. The molecule has 5 rings (SSSR count). The van der Waals surface area contributed by atoms with Crippen LogP contribution in [-0.4, -0.2) is 24.9 Å². The van der Waals surface area contributed by atoms with Gasteiger partial charge in [-0.25, -0.2) is 8.42 Å². The van der Waals surface area contributed by atoms with Crippen LogP contribution in [-0.2, 0) is 14.8 Å². The molecule has 5 nitrogen and oxygen atoms in total. The van der Waals surface area contributed by atoms with Crippen molar-refractivity contribution in [3.05, 3.63) is 29.8 Å². The van der Waals surface area contributed by atoms with E-state index in [0.29, 0.717) is 12.1 Å². The molecule has 0 spiro atoms. The van der Waals surface area contributed by atoms with Crippen LogP contribution in [0.25, 0.3) is 0 Å². The van der Waals surface area contributed by atoms with Crippen molar-refractivity contribution in [1.82, 2.24) is 5.32 Å². The van der Waals surface area contributed by atoms with Gasteiger partial charge < -0.3 is 5.32 Å². The Hall–Kier alpha value is -1.08. The number of amides is 1. The monoisotopic (exact) mass is 468 g/mol. The number of hydrogen-bond acceptors (Lipinski definition) is 3. The lowest BCUT2D eigenvalue weighted by Crippen LogP contribution is -2.54. The first-order valence-electron chi connectivity index (χ1n) is 10.1. The molecule has 4 aliphatic carbocycles. The van der Waals surface area contributed by atoms with Gasteiger partial charge >= 0.3 is 0 Å². The summed E-state index contributed by atoms with van der Waals surface area (Å²) >= 11 is 4.01. The Labute approximate surface area is 176 Å². The molecule has 4 bridgehead atoms. The molecule has 0 heterocycles. The normalized spacial score (nSPS) is 34.8. The predicted molar refractivity (Wildman–Crippen MR) is 115 cm³/mol. The molecule has 0 aliphatic heterocycles. The largest absolute Gasteiger partial charge is 0.350 e. The third kappa shape index (κ3) is 4.40. The summed E-state index contributed by atoms with van der Waals surface area (Å²) < 4.78 is 25.7. The zero-order valence-corrected chi connectivity index (χ0v) is 18.9. The first-order chi connectivity index (χ1) is 13.0. The second-order valence-corrected chi connectivity index (χ2v) is 13.0. The predicted octanol–water partition coefficient (Wildman–Crippen LogP) is 4.36. The van der Waals surface area contributed by atoms with E-state index >= 15 is 0 Å². The van der Waals surface area contributed by atoms with E-state index in [1.54, 1.807) is 18.2 Å². The fourth-order valence-electron chi connectivity index (χ4n) is 6.34. The van der Waals surface area contributed by atoms with Crippen molar-refractivity contribution in [2.24, 2.45) is 17.3 Å². The van der Waals surface area contributed by atoms with Gasteiger partial charge in [0.05, 0.1) is 12.3 Å². The standard InChI is InChI=1S/C21H29BrN2O3S/c1-14(17-4-3-5-18(7-17)24-28(2,26)27)23-19(25)12-20-8-15-6-16(9-20)11-21(22,10-15)13-20/h3-5,7,14-16,24H,6,8-13H2,1-2H3,(H,23,25). The molecule has 3 unspecified atom stereocenters. The minimum absolute atomic E-state index is 0.104. The number of rotatable bonds is 6. The van der Waals surface area contributed by atoms with Gasteiger partial charge in [0, 0.05) is 16.4 Å². The summed E-state index contributed by atoms with van der Waals surface area (Å²) in [6.07, 6.45) is 9.09. The van der Waals surface area contributed by atoms with E-state index in [2.05, 4.69) is 26.0 Å². The van der Waals surface area contributed by atoms with Gasteiger partial charge in [0.15, 0.2) is 0 Å². The summed E-state index contributed by atoms with van der Waals surface area (Å²) in [4.78, 5) is 12.9. The molecule has 0 radical (unpaired) electrons. The zero-order valence-electron chi connectivity index (χ0n) is 16.5. The van der Waals surface area contributed by atoms with Gasteiger partial charge in [-0.2, -0.15) is 0 Å². The molecule has 2 N–H and O–H groups in total. The van der Waals surface area contributed by atoms with E-state index in [-0.39, 0.29) is 21.7 Å². The van der Waals surface area contributed by atoms with Crippen LogP contribution in [0.1, 0.15) is 63.5 Å². The van der Waals surface area contributed by atoms with Crippen molar-refractivity contribution in [3.8, 4) is 0 Å². The maximum atomic E-state index is 12.9. The highest BCUT2D eigenvalue weighted by Gasteiger charge is 2.57. The summed E-state index contributed by atoms with van der Waals surface area (Å²) in [5, 5.41) is 3.14. The summed E-state index contributed by atoms with van der Waals surface area (Å²) in [6.45, 7) is 1.95. The SMILES string of the molecule is CC(NC(=O)CC12CC3CC(CC(Br)(C3)C1)C2)c1cccc(NS(C)(=O)=O)c1. The van der Waals surface area contributed by atoms with E-state index in [1.807, 2.05) is 13.0 Å². The second-order valence-electron chi connectivity index (χ2n) is 9.58. The van der Waals surface area contributed by atoms with Gasteiger partial charge in [0.2, 0.25) is 15.9 Å². The number of sulfonamides is 1. The van der Waals surface area contributed by atoms with Crippen molar-refractivity contribution in [3.63, 3.8) is 0 Å². The van der Waals surface area contributed by atoms with Crippen LogP contribution in [0.2, 0.25) is 0 Å². The van der Waals surface area contributed by atoms with Crippen LogP contribution in [0.3, 0.4) is 0 Å². The quantitative estimate of drug-likeness (QED) is 0.608. The molecule has 4 saturated carbocycles. The molecule has 1 aromatic rings. The van der Waals surface area contributed by atoms with Gasteiger partial charge in [-0.1, -0.05) is 28.1 Å². The number of halogens is 1. The molecule has 1 amide bonds. The molecule has 154 valence electrons. The average molecular weight is 469 g/mol. The molecule has 28 heavy (non-hydrogen) atoms. The molecule has 4 aliphatic rings. The average Bonchev–Trinajstić information content (AvgIpc) is 2.50. The minimum Gasteiger partial charge on any atom is -0.350 e. The molecular formula is C21H29BrN2O3S. The summed E-state index contributed by atoms with van der Waals surface area (Å²) in [5.41, 5.74) is 1.56. The van der Waals surface area contributed by atoms with E-state index in [4.69, 9.17) is 0 Å². The number of anilines is 1. The van der Waals surface area contributed by atoms with Gasteiger partial charge in [-0.05, 0) is 80.4 Å². The van der Waals surface area contributed by atoms with Crippen LogP contribution >= 0.6 is 15.9 Å². The Kier molecular flexibility index (Phi) is 5.06. The Morgan fingerprint density at radius 3 is 2.54 bits per heavy atom. The third-order valence-corrected chi connectivity index (χ3v) is 8.25. The molecule has 3 atom stereocenters. The highest BCUT2D eigenvalue weighted by Crippen LogP contribution is 2.65. The van der Waals surface area contributed by atoms with Crippen LogP contribution in [0.4, 0.5) is 5.69 Å². The van der Waals surface area contributed by atoms with Gasteiger partial charge in [0.1, 0.15) is 0 Å². The summed E-state index contributed by atoms with van der Waals surface area (Å²) in [5.74, 6) is 1.64. The Morgan fingerprint density at radius 2 is 1.93 bits per heavy atom. The van der Waals surface area contributed by atoms with E-state index in [0.717, 1.165) is 30.1 Å². The van der Waals surface area contributed by atoms with Gasteiger partial charge in [-0.15, -0.1) is 0 Å². The first-order valence-corrected chi connectivity index (χ1v) is 12.8. The second kappa shape index (κ2) is 7.01. The van der Waals surface area contributed by atoms with E-state index in [1.165, 1.54) is 32.1 Å². The van der Waals surface area contributed by atoms with E-state index in [9.17, 15) is 13.2 Å². The lowest BCUT2D eigenvalue weighted by atomic mass is 9.48. The number of benzene rings is 1. The van der Waals surface area contributed by atoms with Crippen molar-refractivity contribution in [1.29, 1.82) is 0 Å². The smallest absolute Gasteiger partial charge is 0.229 e. The van der Waals surface area contributed by atoms with Gasteiger partial charge in [0.25, 0.3) is 0 Å². The molecule has 7 heteroatoms. The number of alkyl halides is 1. The van der Waals surface area contributed by atoms with Gasteiger partial charge in [-0.3, -0.25) is 9.52 Å². The minimum atomic E-state index is -3.32. The highest BCUT2D eigenvalue weighted by atomic mass is 79.9. The molecule has 0 aromatic heterocycles. The lowest BCUT2D eigenvalue weighted by Gasteiger charge is -2.60. The zero-order chi connectivity index (χ0) is 20.2. The molecule has 1 aromatic carbocycles. The maximum absolute atomic E-state index is 12.9. The van der Waals surface area contributed by atoms with Crippen molar-refractivity contribution < 1.29 is 13.2 Å². The first kappa shape index (κ1) is 20.2. The Morgan fingerprint density at radius 1 is 1.25 bits per heavy atom. The Balaban J connectivity index is 1.41. The molecule has 0 saturated heterocycles. The Bertz CT molecular complexity index is 871. The van der Waals surface area contributed by atoms with Crippen LogP contribution in [0.15, 0.2) is 24.3 Å². The fourth-order valence-corrected chi connectivity index (χ4v) is 8.41. The van der Waals surface area contributed by atoms with Crippen LogP contribution < -0.4 is 10.0 Å². The van der Waals surface area contributed by atoms with Crippen LogP contribution in [0, 0.1) is 17.3 Å². The lowest BCUT2D eigenvalue weighted by molar-refractivity contribution is -0.128. The van der Waals surface area contributed by atoms with Crippen molar-refractivity contribution in [2.45, 2.75) is 62.2 Å². The van der Waals surface area contributed by atoms with Crippen LogP contribution in [0.5, 0.6) is 0 Å². The molecule has 4 fully saturated rings. The number of nitrogens with one attached hydrogen (secondary N) is 2. The summed E-state index contributed by atoms with van der Waals surface area (Å²) in [6, 6.07) is 7.05. The van der Waals surface area contributed by atoms with Crippen molar-refractivity contribution in [2.75, 3.05) is 11.0 Å². The summed E-state index contributed by atoms with van der Waals surface area (Å²) in [7, 11) is -3.32. The number of carbonyl (C=O) groups is 1. The topological polar surface area (TPSA) is 75.3 Å². The third-order valence-electron chi connectivity index (χ3n) is 6.71. The fraction of sp³-hybridized carbons (Fsp3) is 0.667. The van der Waals surface area contributed by atoms with E-state index < -0.39 is 10.0 Å².